The maximum atomic E-state index is 0. The first-order valence-electron chi connectivity index (χ1n) is 0. The largest absolute Gasteiger partial charge is 0.412 e. The van der Waals surface area contributed by atoms with Crippen molar-refractivity contribution in [2.24, 2.45) is 0 Å². The van der Waals surface area contributed by atoms with Crippen LogP contribution >= 0.6 is 0 Å². The van der Waals surface area contributed by atoms with E-state index in [-0.39, 0.29) is 80.7 Å². The van der Waals surface area contributed by atoms with Gasteiger partial charge in [-0.2, -0.15) is 0 Å². The minimum Gasteiger partial charge on any atom is -0.412 e. The number of rotatable bonds is 0. The molecule has 2 radical (unpaired) electrons. The Balaban J connectivity index is 0. The summed E-state index contributed by atoms with van der Waals surface area (Å²) in [6.45, 7) is 0. The monoisotopic (exact) mass is 296 g/mol. The Morgan fingerprint density at radius 2 is 0.500 bits per heavy atom. The molecule has 0 rings (SSSR count). The van der Waals surface area contributed by atoms with Crippen molar-refractivity contribution in [3.05, 3.63) is 0 Å². The van der Waals surface area contributed by atoms with Crippen molar-refractivity contribution in [3.63, 3.8) is 0 Å². The molecule has 0 saturated heterocycles. The fourth-order valence-electron chi connectivity index (χ4n) is 0. The van der Waals surface area contributed by atoms with Crippen LogP contribution in [0, 0.1) is 0 Å². The van der Waals surface area contributed by atoms with Crippen LogP contribution in [-0.2, 0) is 21.1 Å². The maximum Gasteiger partial charge on any atom is 0 e. The quantitative estimate of drug-likeness (QED) is 0.408. The van der Waals surface area contributed by atoms with Crippen LogP contribution in [0.2, 0.25) is 0 Å². The topological polar surface area (TPSA) is 126 Å². The van der Waals surface area contributed by atoms with Crippen molar-refractivity contribution >= 4 is 37.7 Å². The van der Waals surface area contributed by atoms with E-state index < -0.39 is 0 Å². The molecule has 0 amide bonds. The first kappa shape index (κ1) is 112. The van der Waals surface area contributed by atoms with Gasteiger partial charge in [0.05, 0.1) is 0 Å². The smallest absolute Gasteiger partial charge is 0 e. The van der Waals surface area contributed by atoms with Gasteiger partial charge in [-0.05, 0) is 0 Å². The zero-order valence-electron chi connectivity index (χ0n) is 3.12. The Morgan fingerprint density at radius 3 is 0.500 bits per heavy atom. The molecule has 0 spiro atoms. The van der Waals surface area contributed by atoms with Crippen molar-refractivity contribution in [3.8, 4) is 0 Å². The average molecular weight is 296 g/mol. The number of hydrogen-bond donors (Lipinski definition) is 0. The maximum absolute atomic E-state index is 0. The molecule has 0 bridgehead atoms. The summed E-state index contributed by atoms with van der Waals surface area (Å²) in [7, 11) is 0. The standard InChI is InChI=1S/Ca.4H2O.W/h;4*1H2;. The molecule has 6 heteroatoms. The van der Waals surface area contributed by atoms with Gasteiger partial charge in [-0.3, -0.25) is 0 Å². The van der Waals surface area contributed by atoms with Gasteiger partial charge in [0.15, 0.2) is 0 Å². The van der Waals surface area contributed by atoms with Crippen LogP contribution in [0.5, 0.6) is 0 Å². The Labute approximate surface area is 79.8 Å². The molecular formula is H8CaO4W. The second-order valence-electron chi connectivity index (χ2n) is 0. The van der Waals surface area contributed by atoms with Crippen LogP contribution in [0.3, 0.4) is 0 Å². The molecule has 0 aliphatic heterocycles. The summed E-state index contributed by atoms with van der Waals surface area (Å²) in [5, 5.41) is 0. The fraction of sp³-hybridized carbons (Fsp3) is 0. The van der Waals surface area contributed by atoms with Crippen molar-refractivity contribution < 1.29 is 43.0 Å². The van der Waals surface area contributed by atoms with Gasteiger partial charge in [0, 0.05) is 58.8 Å². The van der Waals surface area contributed by atoms with E-state index >= 15 is 0 Å². The molecule has 0 aliphatic carbocycles. The van der Waals surface area contributed by atoms with Crippen molar-refractivity contribution in [1.29, 1.82) is 0 Å². The molecule has 0 atom stereocenters. The summed E-state index contributed by atoms with van der Waals surface area (Å²) < 4.78 is 0. The second-order valence-corrected chi connectivity index (χ2v) is 0. The van der Waals surface area contributed by atoms with Crippen molar-refractivity contribution in [2.75, 3.05) is 0 Å². The van der Waals surface area contributed by atoms with Crippen LogP contribution < -0.4 is 0 Å². The summed E-state index contributed by atoms with van der Waals surface area (Å²) in [4.78, 5) is 0. The molecule has 4 nitrogen and oxygen atoms in total. The van der Waals surface area contributed by atoms with E-state index in [1.54, 1.807) is 0 Å². The third-order valence-electron chi connectivity index (χ3n) is 0. The number of hydrogen-bond acceptors (Lipinski definition) is 0. The Morgan fingerprint density at radius 1 is 0.500 bits per heavy atom. The minimum atomic E-state index is 0. The SMILES string of the molecule is O.O.O.O.[Ca].[W]. The molecule has 0 aromatic rings. The molecule has 0 unspecified atom stereocenters. The summed E-state index contributed by atoms with van der Waals surface area (Å²) >= 11 is 0. The third-order valence-corrected chi connectivity index (χ3v) is 0. The van der Waals surface area contributed by atoms with Crippen molar-refractivity contribution in [1.82, 2.24) is 0 Å². The summed E-state index contributed by atoms with van der Waals surface area (Å²) in [6, 6.07) is 0. The minimum absolute atomic E-state index is 0. The predicted octanol–water partition coefficient (Wildman–Crippen LogP) is -3.68. The second kappa shape index (κ2) is 71.1. The molecule has 0 saturated carbocycles. The van der Waals surface area contributed by atoms with Crippen LogP contribution in [0.25, 0.3) is 0 Å². The molecule has 40 valence electrons. The molecule has 0 aliphatic rings. The zero-order chi connectivity index (χ0) is 0. The summed E-state index contributed by atoms with van der Waals surface area (Å²) in [6.07, 6.45) is 0. The van der Waals surface area contributed by atoms with E-state index in [0.717, 1.165) is 0 Å². The van der Waals surface area contributed by atoms with Crippen LogP contribution in [0.15, 0.2) is 0 Å². The van der Waals surface area contributed by atoms with E-state index in [1.807, 2.05) is 0 Å². The van der Waals surface area contributed by atoms with E-state index in [0.29, 0.717) is 0 Å². The van der Waals surface area contributed by atoms with Gasteiger partial charge in [-0.15, -0.1) is 0 Å². The summed E-state index contributed by atoms with van der Waals surface area (Å²) in [5.74, 6) is 0. The molecule has 0 heterocycles. The van der Waals surface area contributed by atoms with Gasteiger partial charge in [-0.25, -0.2) is 0 Å². The molecule has 0 aromatic carbocycles. The molecule has 0 aromatic heterocycles. The van der Waals surface area contributed by atoms with Crippen LogP contribution in [-0.4, -0.2) is 59.6 Å². The molecule has 0 fully saturated rings. The Hall–Kier alpha value is 1.79. The summed E-state index contributed by atoms with van der Waals surface area (Å²) in [5.41, 5.74) is 0. The van der Waals surface area contributed by atoms with E-state index in [1.165, 1.54) is 0 Å². The average Bonchev–Trinajstić information content (AvgIpc) is 0. The molecule has 8 N–H and O–H groups in total. The first-order chi connectivity index (χ1) is 0. The fourth-order valence-corrected chi connectivity index (χ4v) is 0. The van der Waals surface area contributed by atoms with Gasteiger partial charge in [0.2, 0.25) is 0 Å². The van der Waals surface area contributed by atoms with Crippen LogP contribution in [0.4, 0.5) is 0 Å². The first-order valence-corrected chi connectivity index (χ1v) is 0. The predicted molar refractivity (Wildman–Crippen MR) is 20.2 cm³/mol. The van der Waals surface area contributed by atoms with E-state index in [2.05, 4.69) is 0 Å². The molecular weight excluding hydrogens is 288 g/mol. The van der Waals surface area contributed by atoms with Gasteiger partial charge < -0.3 is 21.9 Å². The van der Waals surface area contributed by atoms with E-state index in [9.17, 15) is 0 Å². The Kier molecular flexibility index (Phi) is 1330. The van der Waals surface area contributed by atoms with Crippen LogP contribution in [0.1, 0.15) is 0 Å². The Bertz CT molecular complexity index is 7.51. The zero-order valence-corrected chi connectivity index (χ0v) is 8.26. The normalized spacial score (nSPS) is 0. The van der Waals surface area contributed by atoms with Gasteiger partial charge >= 0.3 is 0 Å². The van der Waals surface area contributed by atoms with Gasteiger partial charge in [0.1, 0.15) is 0 Å². The molecule has 6 heavy (non-hydrogen) atoms. The van der Waals surface area contributed by atoms with Crippen molar-refractivity contribution in [2.45, 2.75) is 0 Å². The third kappa shape index (κ3) is 41.5. The van der Waals surface area contributed by atoms with E-state index in [4.69, 9.17) is 0 Å². The van der Waals surface area contributed by atoms with Gasteiger partial charge in [0.25, 0.3) is 0 Å². The van der Waals surface area contributed by atoms with Gasteiger partial charge in [-0.1, -0.05) is 0 Å².